The Morgan fingerprint density at radius 1 is 1.33 bits per heavy atom. The first-order valence-corrected chi connectivity index (χ1v) is 7.94. The van der Waals surface area contributed by atoms with Crippen molar-refractivity contribution in [2.75, 3.05) is 5.32 Å². The van der Waals surface area contributed by atoms with Gasteiger partial charge in [-0.3, -0.25) is 10.00 Å². The van der Waals surface area contributed by atoms with E-state index >= 15 is 0 Å². The zero-order valence-electron chi connectivity index (χ0n) is 14.5. The van der Waals surface area contributed by atoms with Crippen LogP contribution in [-0.2, 0) is 18.4 Å². The Kier molecular flexibility index (Phi) is 5.39. The second-order valence-corrected chi connectivity index (χ2v) is 6.88. The van der Waals surface area contributed by atoms with Crippen LogP contribution in [0, 0.1) is 6.92 Å². The Labute approximate surface area is 146 Å². The molecule has 0 radical (unpaired) electrons. The number of ether oxygens (including phenoxy) is 2. The second kappa shape index (κ2) is 7.13. The molecule has 24 heavy (non-hydrogen) atoms. The molecular weight excluding hydrogens is 330 g/mol. The van der Waals surface area contributed by atoms with E-state index in [9.17, 15) is 4.79 Å². The zero-order valence-corrected chi connectivity index (χ0v) is 15.3. The first kappa shape index (κ1) is 18.1. The lowest BCUT2D eigenvalue weighted by atomic mass is 10.2. The third-order valence-corrected chi connectivity index (χ3v) is 3.38. The first-order chi connectivity index (χ1) is 11.1. The first-order valence-electron chi connectivity index (χ1n) is 7.56. The van der Waals surface area contributed by atoms with Gasteiger partial charge < -0.3 is 9.47 Å². The van der Waals surface area contributed by atoms with Gasteiger partial charge in [0.1, 0.15) is 28.8 Å². The van der Waals surface area contributed by atoms with Crippen molar-refractivity contribution in [3.63, 3.8) is 0 Å². The minimum atomic E-state index is -0.569. The molecule has 0 aliphatic rings. The summed E-state index contributed by atoms with van der Waals surface area (Å²) in [6, 6.07) is 7.24. The number of carbonyl (C=O) groups excluding carboxylic acids is 1. The van der Waals surface area contributed by atoms with Crippen LogP contribution in [0.15, 0.2) is 24.3 Å². The summed E-state index contributed by atoms with van der Waals surface area (Å²) in [6.45, 7) is 7.62. The van der Waals surface area contributed by atoms with Gasteiger partial charge in [-0.1, -0.05) is 17.7 Å². The van der Waals surface area contributed by atoms with Crippen molar-refractivity contribution in [1.82, 2.24) is 9.78 Å². The number of nitrogens with zero attached hydrogens (tertiary/aromatic N) is 2. The number of aromatic nitrogens is 2. The summed E-state index contributed by atoms with van der Waals surface area (Å²) in [4.78, 5) is 12.0. The smallest absolute Gasteiger partial charge is 0.412 e. The maximum absolute atomic E-state index is 12.0. The molecule has 0 saturated carbocycles. The van der Waals surface area contributed by atoms with Crippen molar-refractivity contribution in [1.29, 1.82) is 0 Å². The number of hydrogen-bond acceptors (Lipinski definition) is 4. The molecule has 1 aromatic heterocycles. The van der Waals surface area contributed by atoms with Crippen molar-refractivity contribution in [3.8, 4) is 5.75 Å². The highest BCUT2D eigenvalue weighted by Crippen LogP contribution is 2.27. The van der Waals surface area contributed by atoms with Gasteiger partial charge in [0.05, 0.1) is 5.69 Å². The molecule has 0 spiro atoms. The van der Waals surface area contributed by atoms with Crippen LogP contribution >= 0.6 is 11.6 Å². The van der Waals surface area contributed by atoms with E-state index in [0.29, 0.717) is 22.3 Å². The molecule has 1 aromatic carbocycles. The lowest BCUT2D eigenvalue weighted by molar-refractivity contribution is 0.0635. The van der Waals surface area contributed by atoms with Crippen LogP contribution in [-0.4, -0.2) is 21.5 Å². The third kappa shape index (κ3) is 5.16. The third-order valence-electron chi connectivity index (χ3n) is 3.02. The van der Waals surface area contributed by atoms with Gasteiger partial charge in [-0.15, -0.1) is 0 Å². The number of halogens is 1. The number of hydrogen-bond donors (Lipinski definition) is 1. The maximum Gasteiger partial charge on any atom is 0.412 e. The molecule has 0 aliphatic carbocycles. The van der Waals surface area contributed by atoms with Crippen molar-refractivity contribution in [2.24, 2.45) is 7.05 Å². The van der Waals surface area contributed by atoms with E-state index in [1.807, 2.05) is 39.8 Å². The van der Waals surface area contributed by atoms with E-state index in [-0.39, 0.29) is 6.61 Å². The predicted octanol–water partition coefficient (Wildman–Crippen LogP) is 4.31. The monoisotopic (exact) mass is 351 g/mol. The number of aryl methyl sites for hydroxylation is 2. The van der Waals surface area contributed by atoms with Gasteiger partial charge in [-0.25, -0.2) is 4.79 Å². The molecule has 0 bridgehead atoms. The van der Waals surface area contributed by atoms with Gasteiger partial charge in [-0.2, -0.15) is 5.10 Å². The van der Waals surface area contributed by atoms with Crippen molar-refractivity contribution in [2.45, 2.75) is 39.9 Å². The molecule has 0 unspecified atom stereocenters. The summed E-state index contributed by atoms with van der Waals surface area (Å²) in [5.74, 6) is 0.544. The van der Waals surface area contributed by atoms with E-state index in [2.05, 4.69) is 10.4 Å². The van der Waals surface area contributed by atoms with E-state index in [1.165, 1.54) is 0 Å². The molecule has 2 aromatic rings. The van der Waals surface area contributed by atoms with Crippen molar-refractivity contribution < 1.29 is 14.3 Å². The fourth-order valence-corrected chi connectivity index (χ4v) is 2.15. The number of benzene rings is 1. The van der Waals surface area contributed by atoms with Crippen LogP contribution in [0.5, 0.6) is 5.75 Å². The average molecular weight is 352 g/mol. The molecular formula is C17H22ClN3O3. The van der Waals surface area contributed by atoms with Crippen LogP contribution < -0.4 is 10.1 Å². The highest BCUT2D eigenvalue weighted by Gasteiger charge is 2.18. The summed E-state index contributed by atoms with van der Waals surface area (Å²) < 4.78 is 12.6. The lowest BCUT2D eigenvalue weighted by Gasteiger charge is -2.20. The topological polar surface area (TPSA) is 65.4 Å². The highest BCUT2D eigenvalue weighted by molar-refractivity contribution is 6.29. The van der Waals surface area contributed by atoms with Crippen LogP contribution in [0.25, 0.3) is 0 Å². The predicted molar refractivity (Wildman–Crippen MR) is 93.6 cm³/mol. The van der Waals surface area contributed by atoms with Gasteiger partial charge in [0.15, 0.2) is 0 Å². The number of amides is 1. The molecule has 7 heteroatoms. The summed E-state index contributed by atoms with van der Waals surface area (Å²) in [5, 5.41) is 7.48. The molecule has 0 atom stereocenters. The largest absolute Gasteiger partial charge is 0.485 e. The highest BCUT2D eigenvalue weighted by atomic mass is 35.5. The zero-order chi connectivity index (χ0) is 17.9. The van der Waals surface area contributed by atoms with E-state index in [4.69, 9.17) is 21.1 Å². The summed E-state index contributed by atoms with van der Waals surface area (Å²) in [6.07, 6.45) is -0.530. The summed E-state index contributed by atoms with van der Waals surface area (Å²) in [7, 11) is 1.76. The van der Waals surface area contributed by atoms with E-state index in [1.54, 1.807) is 23.9 Å². The van der Waals surface area contributed by atoms with Gasteiger partial charge in [0.25, 0.3) is 0 Å². The average Bonchev–Trinajstić information content (AvgIpc) is 2.76. The Hall–Kier alpha value is -2.21. The second-order valence-electron chi connectivity index (χ2n) is 6.50. The number of nitrogens with one attached hydrogen (secondary N) is 1. The minimum absolute atomic E-state index is 0.243. The normalized spacial score (nSPS) is 11.2. The van der Waals surface area contributed by atoms with Gasteiger partial charge >= 0.3 is 6.09 Å². The van der Waals surface area contributed by atoms with E-state index < -0.39 is 11.7 Å². The quantitative estimate of drug-likeness (QED) is 0.891. The Morgan fingerprint density at radius 2 is 2.04 bits per heavy atom. The Balaban J connectivity index is 2.11. The van der Waals surface area contributed by atoms with Gasteiger partial charge in [-0.05, 0) is 45.4 Å². The number of rotatable bonds is 4. The fourth-order valence-electron chi connectivity index (χ4n) is 1.99. The van der Waals surface area contributed by atoms with E-state index in [0.717, 1.165) is 5.56 Å². The molecule has 0 aliphatic heterocycles. The summed E-state index contributed by atoms with van der Waals surface area (Å²) in [5.41, 5.74) is 1.68. The van der Waals surface area contributed by atoms with Crippen LogP contribution in [0.3, 0.4) is 0 Å². The molecule has 0 fully saturated rings. The lowest BCUT2D eigenvalue weighted by Crippen LogP contribution is -2.27. The number of anilines is 1. The minimum Gasteiger partial charge on any atom is -0.485 e. The molecule has 1 heterocycles. The van der Waals surface area contributed by atoms with Crippen molar-refractivity contribution in [3.05, 3.63) is 40.7 Å². The van der Waals surface area contributed by atoms with Crippen LogP contribution in [0.1, 0.15) is 32.0 Å². The maximum atomic E-state index is 12.0. The standard InChI is InChI=1S/C17H22ClN3O3/c1-11-6-7-13(19-16(22)24-17(2,3)4)14(8-11)23-10-12-9-15(18)21(5)20-12/h6-9H,10H2,1-5H3,(H,19,22). The van der Waals surface area contributed by atoms with Crippen LogP contribution in [0.2, 0.25) is 5.15 Å². The molecule has 130 valence electrons. The molecule has 1 amide bonds. The molecule has 6 nitrogen and oxygen atoms in total. The molecule has 0 saturated heterocycles. The Morgan fingerprint density at radius 3 is 2.62 bits per heavy atom. The van der Waals surface area contributed by atoms with Crippen molar-refractivity contribution >= 4 is 23.4 Å². The Bertz CT molecular complexity index is 716. The fraction of sp³-hybridized carbons (Fsp3) is 0.412. The SMILES string of the molecule is Cc1ccc(NC(=O)OC(C)(C)C)c(OCc2cc(Cl)n(C)n2)c1. The molecule has 2 rings (SSSR count). The van der Waals surface area contributed by atoms with Crippen LogP contribution in [0.4, 0.5) is 10.5 Å². The summed E-state index contributed by atoms with van der Waals surface area (Å²) >= 11 is 5.97. The van der Waals surface area contributed by atoms with Gasteiger partial charge in [0.2, 0.25) is 0 Å². The number of carbonyl (C=O) groups is 1. The molecule has 1 N–H and O–H groups in total. The van der Waals surface area contributed by atoms with Gasteiger partial charge in [0, 0.05) is 13.1 Å².